The lowest BCUT2D eigenvalue weighted by Gasteiger charge is -2.19. The van der Waals surface area contributed by atoms with Gasteiger partial charge in [-0.3, -0.25) is 9.59 Å². The molecule has 23 heavy (non-hydrogen) atoms. The molecule has 1 amide bonds. The highest BCUT2D eigenvalue weighted by atomic mass is 16.5. The van der Waals surface area contributed by atoms with Crippen molar-refractivity contribution in [1.29, 1.82) is 0 Å². The monoisotopic (exact) mass is 315 g/mol. The Kier molecular flexibility index (Phi) is 5.57. The molecule has 0 radical (unpaired) electrons. The fraction of sp³-hybridized carbons (Fsp3) is 0.333. The lowest BCUT2D eigenvalue weighted by molar-refractivity contribution is -0.147. The second-order valence-electron chi connectivity index (χ2n) is 5.57. The molecule has 1 aromatic heterocycles. The summed E-state index contributed by atoms with van der Waals surface area (Å²) in [6, 6.07) is 10.5. The van der Waals surface area contributed by atoms with Crippen molar-refractivity contribution in [2.45, 2.75) is 39.3 Å². The molecule has 1 N–H and O–H groups in total. The van der Waals surface area contributed by atoms with Gasteiger partial charge in [0.2, 0.25) is 0 Å². The van der Waals surface area contributed by atoms with Gasteiger partial charge in [0, 0.05) is 0 Å². The predicted molar refractivity (Wildman–Crippen MR) is 85.9 cm³/mol. The van der Waals surface area contributed by atoms with Crippen molar-refractivity contribution in [3.8, 4) is 0 Å². The minimum absolute atomic E-state index is 0.0742. The number of rotatable bonds is 6. The predicted octanol–water partition coefficient (Wildman–Crippen LogP) is 3.40. The second-order valence-corrected chi connectivity index (χ2v) is 5.57. The largest absolute Gasteiger partial charge is 0.469 e. The highest BCUT2D eigenvalue weighted by Gasteiger charge is 2.22. The van der Waals surface area contributed by atoms with Gasteiger partial charge in [-0.05, 0) is 32.4 Å². The Bertz CT molecular complexity index is 661. The standard InChI is InChI=1S/C18H21NO4/c1-12(2)23-17(20)11-16(14-7-5-4-6-8-14)19-18(21)15-9-10-22-13(15)3/h4-10,12,16H,11H2,1-3H3,(H,19,21). The summed E-state index contributed by atoms with van der Waals surface area (Å²) in [6.45, 7) is 5.31. The van der Waals surface area contributed by atoms with Crippen LogP contribution in [-0.4, -0.2) is 18.0 Å². The highest BCUT2D eigenvalue weighted by Crippen LogP contribution is 2.19. The molecule has 1 unspecified atom stereocenters. The number of benzene rings is 1. The number of hydrogen-bond donors (Lipinski definition) is 1. The van der Waals surface area contributed by atoms with Crippen LogP contribution in [-0.2, 0) is 9.53 Å². The van der Waals surface area contributed by atoms with Crippen molar-refractivity contribution in [3.05, 3.63) is 59.5 Å². The van der Waals surface area contributed by atoms with Crippen molar-refractivity contribution in [1.82, 2.24) is 5.32 Å². The Labute approximate surface area is 135 Å². The van der Waals surface area contributed by atoms with E-state index in [1.165, 1.54) is 6.26 Å². The minimum Gasteiger partial charge on any atom is -0.469 e. The van der Waals surface area contributed by atoms with Gasteiger partial charge < -0.3 is 14.5 Å². The Balaban J connectivity index is 2.15. The van der Waals surface area contributed by atoms with E-state index in [0.717, 1.165) is 5.56 Å². The van der Waals surface area contributed by atoms with Crippen LogP contribution in [0.1, 0.15) is 48.0 Å². The highest BCUT2D eigenvalue weighted by molar-refractivity contribution is 5.95. The number of esters is 1. The molecule has 0 fully saturated rings. The summed E-state index contributed by atoms with van der Waals surface area (Å²) in [7, 11) is 0. The van der Waals surface area contributed by atoms with Crippen molar-refractivity contribution in [3.63, 3.8) is 0 Å². The van der Waals surface area contributed by atoms with Crippen LogP contribution in [0.3, 0.4) is 0 Å². The van der Waals surface area contributed by atoms with E-state index in [1.807, 2.05) is 30.3 Å². The van der Waals surface area contributed by atoms with Gasteiger partial charge in [0.15, 0.2) is 0 Å². The zero-order chi connectivity index (χ0) is 16.8. The summed E-state index contributed by atoms with van der Waals surface area (Å²) >= 11 is 0. The number of carbonyl (C=O) groups is 2. The normalized spacial score (nSPS) is 12.0. The summed E-state index contributed by atoms with van der Waals surface area (Å²) in [5.74, 6) is -0.0837. The number of nitrogens with one attached hydrogen (secondary N) is 1. The molecule has 0 saturated carbocycles. The Morgan fingerprint density at radius 2 is 1.87 bits per heavy atom. The first kappa shape index (κ1) is 16.8. The lowest BCUT2D eigenvalue weighted by atomic mass is 10.0. The number of aryl methyl sites for hydroxylation is 1. The third-order valence-electron chi connectivity index (χ3n) is 3.35. The maximum atomic E-state index is 12.4. The smallest absolute Gasteiger partial charge is 0.308 e. The molecule has 1 heterocycles. The Hall–Kier alpha value is -2.56. The van der Waals surface area contributed by atoms with Gasteiger partial charge in [-0.2, -0.15) is 0 Å². The van der Waals surface area contributed by atoms with Crippen LogP contribution < -0.4 is 5.32 Å². The molecule has 0 spiro atoms. The average Bonchev–Trinajstić information content (AvgIpc) is 2.93. The minimum atomic E-state index is -0.454. The van der Waals surface area contributed by atoms with Crippen molar-refractivity contribution < 1.29 is 18.7 Å². The number of amides is 1. The SMILES string of the molecule is Cc1occc1C(=O)NC(CC(=O)OC(C)C)c1ccccc1. The molecule has 1 atom stereocenters. The van der Waals surface area contributed by atoms with Crippen molar-refractivity contribution in [2.24, 2.45) is 0 Å². The third-order valence-corrected chi connectivity index (χ3v) is 3.35. The molecule has 5 heteroatoms. The van der Waals surface area contributed by atoms with E-state index in [1.54, 1.807) is 26.8 Å². The van der Waals surface area contributed by atoms with Gasteiger partial charge in [-0.15, -0.1) is 0 Å². The summed E-state index contributed by atoms with van der Waals surface area (Å²) in [4.78, 5) is 24.4. The third kappa shape index (κ3) is 4.71. The van der Waals surface area contributed by atoms with E-state index >= 15 is 0 Å². The van der Waals surface area contributed by atoms with Gasteiger partial charge in [0.05, 0.1) is 30.4 Å². The first-order chi connectivity index (χ1) is 11.0. The van der Waals surface area contributed by atoms with Gasteiger partial charge in [-0.1, -0.05) is 30.3 Å². The van der Waals surface area contributed by atoms with E-state index in [2.05, 4.69) is 5.32 Å². The fourth-order valence-electron chi connectivity index (χ4n) is 2.27. The molecular weight excluding hydrogens is 294 g/mol. The van der Waals surface area contributed by atoms with Crippen LogP contribution >= 0.6 is 0 Å². The number of furan rings is 1. The van der Waals surface area contributed by atoms with Crippen LogP contribution in [0, 0.1) is 6.92 Å². The summed E-state index contributed by atoms with van der Waals surface area (Å²) in [6.07, 6.45) is 1.35. The molecule has 0 aliphatic heterocycles. The van der Waals surface area contributed by atoms with E-state index in [9.17, 15) is 9.59 Å². The topological polar surface area (TPSA) is 68.5 Å². The first-order valence-electron chi connectivity index (χ1n) is 7.56. The van der Waals surface area contributed by atoms with Crippen LogP contribution in [0.5, 0.6) is 0 Å². The summed E-state index contributed by atoms with van der Waals surface area (Å²) in [5, 5.41) is 2.88. The van der Waals surface area contributed by atoms with Crippen LogP contribution in [0.2, 0.25) is 0 Å². The molecule has 5 nitrogen and oxygen atoms in total. The molecule has 122 valence electrons. The van der Waals surface area contributed by atoms with E-state index in [-0.39, 0.29) is 24.4 Å². The van der Waals surface area contributed by atoms with Crippen LogP contribution in [0.25, 0.3) is 0 Å². The van der Waals surface area contributed by atoms with Crippen LogP contribution in [0.15, 0.2) is 47.1 Å². The quantitative estimate of drug-likeness (QED) is 0.830. The number of carbonyl (C=O) groups excluding carboxylic acids is 2. The Morgan fingerprint density at radius 1 is 1.17 bits per heavy atom. The van der Waals surface area contributed by atoms with Gasteiger partial charge >= 0.3 is 5.97 Å². The zero-order valence-corrected chi connectivity index (χ0v) is 13.5. The van der Waals surface area contributed by atoms with E-state index in [4.69, 9.17) is 9.15 Å². The molecule has 0 saturated heterocycles. The zero-order valence-electron chi connectivity index (χ0n) is 13.5. The molecule has 0 aliphatic rings. The van der Waals surface area contributed by atoms with Gasteiger partial charge in [0.1, 0.15) is 5.76 Å². The van der Waals surface area contributed by atoms with E-state index < -0.39 is 6.04 Å². The Morgan fingerprint density at radius 3 is 2.43 bits per heavy atom. The van der Waals surface area contributed by atoms with Gasteiger partial charge in [-0.25, -0.2) is 0 Å². The maximum Gasteiger partial charge on any atom is 0.308 e. The summed E-state index contributed by atoms with van der Waals surface area (Å²) < 4.78 is 10.3. The first-order valence-corrected chi connectivity index (χ1v) is 7.56. The fourth-order valence-corrected chi connectivity index (χ4v) is 2.27. The van der Waals surface area contributed by atoms with Crippen LogP contribution in [0.4, 0.5) is 0 Å². The summed E-state index contributed by atoms with van der Waals surface area (Å²) in [5.41, 5.74) is 1.31. The number of hydrogen-bond acceptors (Lipinski definition) is 4. The van der Waals surface area contributed by atoms with Crippen molar-refractivity contribution in [2.75, 3.05) is 0 Å². The van der Waals surface area contributed by atoms with Gasteiger partial charge in [0.25, 0.3) is 5.91 Å². The second kappa shape index (κ2) is 7.63. The molecular formula is C18H21NO4. The molecule has 0 aliphatic carbocycles. The molecule has 1 aromatic carbocycles. The molecule has 2 rings (SSSR count). The van der Waals surface area contributed by atoms with Crippen molar-refractivity contribution >= 4 is 11.9 Å². The molecule has 2 aromatic rings. The maximum absolute atomic E-state index is 12.4. The number of ether oxygens (including phenoxy) is 1. The van der Waals surface area contributed by atoms with E-state index in [0.29, 0.717) is 11.3 Å². The lowest BCUT2D eigenvalue weighted by Crippen LogP contribution is -2.31. The average molecular weight is 315 g/mol. The molecule has 0 bridgehead atoms.